The van der Waals surface area contributed by atoms with Gasteiger partial charge in [-0.3, -0.25) is 9.52 Å². The van der Waals surface area contributed by atoms with Crippen LogP contribution >= 0.6 is 11.6 Å². The zero-order valence-corrected chi connectivity index (χ0v) is 17.8. The molecule has 30 heavy (non-hydrogen) atoms. The number of carbonyl (C=O) groups excluding carboxylic acids is 1. The number of para-hydroxylation sites is 1. The molecule has 156 valence electrons. The number of rotatable bonds is 7. The fourth-order valence-corrected chi connectivity index (χ4v) is 4.05. The molecule has 0 saturated carbocycles. The highest BCUT2D eigenvalue weighted by molar-refractivity contribution is 7.92. The summed E-state index contributed by atoms with van der Waals surface area (Å²) in [6.07, 6.45) is 0. The van der Waals surface area contributed by atoms with E-state index in [0.717, 1.165) is 0 Å². The van der Waals surface area contributed by atoms with Crippen LogP contribution in [-0.4, -0.2) is 28.5 Å². The average molecular weight is 447 g/mol. The lowest BCUT2D eigenvalue weighted by Gasteiger charge is -2.13. The molecule has 0 spiro atoms. The predicted octanol–water partition coefficient (Wildman–Crippen LogP) is 4.41. The topological polar surface area (TPSA) is 93.7 Å². The number of sulfonamides is 1. The van der Waals surface area contributed by atoms with Crippen molar-refractivity contribution in [1.82, 2.24) is 0 Å². The molecular formula is C21H19ClN2O5S. The number of halogens is 1. The number of amides is 1. The van der Waals surface area contributed by atoms with Gasteiger partial charge in [0.1, 0.15) is 17.1 Å². The van der Waals surface area contributed by atoms with Crippen molar-refractivity contribution in [2.24, 2.45) is 0 Å². The monoisotopic (exact) mass is 446 g/mol. The Balaban J connectivity index is 1.80. The van der Waals surface area contributed by atoms with E-state index in [4.69, 9.17) is 21.1 Å². The quantitative estimate of drug-likeness (QED) is 0.560. The van der Waals surface area contributed by atoms with Crippen LogP contribution in [0.1, 0.15) is 10.4 Å². The maximum absolute atomic E-state index is 12.7. The van der Waals surface area contributed by atoms with Gasteiger partial charge in [0.15, 0.2) is 0 Å². The molecule has 0 aromatic heterocycles. The summed E-state index contributed by atoms with van der Waals surface area (Å²) >= 11 is 6.01. The van der Waals surface area contributed by atoms with Crippen LogP contribution in [0.5, 0.6) is 11.5 Å². The lowest BCUT2D eigenvalue weighted by atomic mass is 10.1. The van der Waals surface area contributed by atoms with Crippen molar-refractivity contribution >= 4 is 38.9 Å². The van der Waals surface area contributed by atoms with Gasteiger partial charge in [-0.15, -0.1) is 0 Å². The second kappa shape index (κ2) is 9.06. The minimum absolute atomic E-state index is 0.0234. The van der Waals surface area contributed by atoms with Gasteiger partial charge >= 0.3 is 0 Å². The Morgan fingerprint density at radius 3 is 2.03 bits per heavy atom. The smallest absolute Gasteiger partial charge is 0.263 e. The average Bonchev–Trinajstić information content (AvgIpc) is 2.75. The Bertz CT molecular complexity index is 1140. The molecule has 7 nitrogen and oxygen atoms in total. The van der Waals surface area contributed by atoms with E-state index in [2.05, 4.69) is 10.0 Å². The summed E-state index contributed by atoms with van der Waals surface area (Å²) in [4.78, 5) is 12.7. The SMILES string of the molecule is COc1cccc(OC)c1C(=O)Nc1ccc(S(=O)(=O)Nc2ccccc2Cl)cc1. The van der Waals surface area contributed by atoms with Crippen molar-refractivity contribution in [3.05, 3.63) is 77.3 Å². The number of ether oxygens (including phenoxy) is 2. The molecule has 3 aromatic carbocycles. The van der Waals surface area contributed by atoms with Gasteiger partial charge in [-0.2, -0.15) is 0 Å². The Morgan fingerprint density at radius 2 is 1.47 bits per heavy atom. The van der Waals surface area contributed by atoms with Gasteiger partial charge in [-0.25, -0.2) is 8.42 Å². The van der Waals surface area contributed by atoms with Crippen molar-refractivity contribution < 1.29 is 22.7 Å². The summed E-state index contributed by atoms with van der Waals surface area (Å²) in [6, 6.07) is 17.3. The number of anilines is 2. The summed E-state index contributed by atoms with van der Waals surface area (Å²) < 4.78 is 38.1. The second-order valence-electron chi connectivity index (χ2n) is 6.10. The molecule has 0 aliphatic rings. The molecule has 0 saturated heterocycles. The third-order valence-corrected chi connectivity index (χ3v) is 5.91. The molecule has 1 amide bonds. The number of hydrogen-bond acceptors (Lipinski definition) is 5. The van der Waals surface area contributed by atoms with Crippen LogP contribution in [0.25, 0.3) is 0 Å². The lowest BCUT2D eigenvalue weighted by molar-refractivity contribution is 0.102. The van der Waals surface area contributed by atoms with Crippen LogP contribution < -0.4 is 19.5 Å². The Kier molecular flexibility index (Phi) is 6.49. The summed E-state index contributed by atoms with van der Waals surface area (Å²) in [5.74, 6) is 0.263. The van der Waals surface area contributed by atoms with E-state index < -0.39 is 15.9 Å². The minimum atomic E-state index is -3.84. The Hall–Kier alpha value is -3.23. The predicted molar refractivity (Wildman–Crippen MR) is 116 cm³/mol. The van der Waals surface area contributed by atoms with Gasteiger partial charge in [-0.1, -0.05) is 29.8 Å². The van der Waals surface area contributed by atoms with Crippen LogP contribution in [0.15, 0.2) is 71.6 Å². The number of nitrogens with one attached hydrogen (secondary N) is 2. The number of methoxy groups -OCH3 is 2. The number of benzene rings is 3. The standard InChI is InChI=1S/C21H19ClN2O5S/c1-28-18-8-5-9-19(29-2)20(18)21(25)23-14-10-12-15(13-11-14)30(26,27)24-17-7-4-3-6-16(17)22/h3-13,24H,1-2H3,(H,23,25). The van der Waals surface area contributed by atoms with Crippen LogP contribution in [0, 0.1) is 0 Å². The van der Waals surface area contributed by atoms with Crippen molar-refractivity contribution in [2.75, 3.05) is 24.3 Å². The van der Waals surface area contributed by atoms with E-state index in [9.17, 15) is 13.2 Å². The van der Waals surface area contributed by atoms with Crippen molar-refractivity contribution in [1.29, 1.82) is 0 Å². The van der Waals surface area contributed by atoms with Crippen molar-refractivity contribution in [3.8, 4) is 11.5 Å². The van der Waals surface area contributed by atoms with E-state index in [0.29, 0.717) is 17.2 Å². The normalized spacial score (nSPS) is 10.9. The molecule has 0 aliphatic heterocycles. The Labute approximate surface area is 179 Å². The molecule has 3 aromatic rings. The van der Waals surface area contributed by atoms with Gasteiger partial charge in [0.25, 0.3) is 15.9 Å². The van der Waals surface area contributed by atoms with E-state index in [1.807, 2.05) is 0 Å². The van der Waals surface area contributed by atoms with Gasteiger partial charge in [0.05, 0.1) is 29.8 Å². The fourth-order valence-electron chi connectivity index (χ4n) is 2.73. The summed E-state index contributed by atoms with van der Waals surface area (Å²) in [5, 5.41) is 3.00. The highest BCUT2D eigenvalue weighted by Crippen LogP contribution is 2.29. The molecule has 9 heteroatoms. The minimum Gasteiger partial charge on any atom is -0.496 e. The molecule has 0 atom stereocenters. The zero-order chi connectivity index (χ0) is 21.7. The third kappa shape index (κ3) is 4.67. The molecule has 0 fully saturated rings. The van der Waals surface area contributed by atoms with E-state index in [1.165, 1.54) is 38.5 Å². The first-order valence-electron chi connectivity index (χ1n) is 8.75. The highest BCUT2D eigenvalue weighted by Gasteiger charge is 2.19. The molecule has 0 bridgehead atoms. The van der Waals surface area contributed by atoms with Gasteiger partial charge in [-0.05, 0) is 48.5 Å². The Morgan fingerprint density at radius 1 is 0.867 bits per heavy atom. The molecule has 0 unspecified atom stereocenters. The molecule has 0 radical (unpaired) electrons. The van der Waals surface area contributed by atoms with Gasteiger partial charge in [0.2, 0.25) is 0 Å². The summed E-state index contributed by atoms with van der Waals surface area (Å²) in [5.41, 5.74) is 0.920. The zero-order valence-electron chi connectivity index (χ0n) is 16.2. The van der Waals surface area contributed by atoms with E-state index >= 15 is 0 Å². The highest BCUT2D eigenvalue weighted by atomic mass is 35.5. The molecule has 3 rings (SSSR count). The van der Waals surface area contributed by atoms with Gasteiger partial charge in [0, 0.05) is 5.69 Å². The maximum atomic E-state index is 12.7. The van der Waals surface area contributed by atoms with Crippen LogP contribution in [0.4, 0.5) is 11.4 Å². The van der Waals surface area contributed by atoms with Crippen molar-refractivity contribution in [2.45, 2.75) is 4.90 Å². The van der Waals surface area contributed by atoms with E-state index in [1.54, 1.807) is 42.5 Å². The van der Waals surface area contributed by atoms with Crippen LogP contribution in [-0.2, 0) is 10.0 Å². The van der Waals surface area contributed by atoms with E-state index in [-0.39, 0.29) is 21.2 Å². The summed E-state index contributed by atoms with van der Waals surface area (Å²) in [6.45, 7) is 0. The molecular weight excluding hydrogens is 428 g/mol. The lowest BCUT2D eigenvalue weighted by Crippen LogP contribution is -2.15. The number of hydrogen-bond donors (Lipinski definition) is 2. The molecule has 0 aliphatic carbocycles. The number of carbonyl (C=O) groups is 1. The fraction of sp³-hybridized carbons (Fsp3) is 0.0952. The first kappa shape index (κ1) is 21.5. The van der Waals surface area contributed by atoms with Crippen LogP contribution in [0.3, 0.4) is 0 Å². The van der Waals surface area contributed by atoms with Crippen LogP contribution in [0.2, 0.25) is 5.02 Å². The first-order valence-corrected chi connectivity index (χ1v) is 10.6. The maximum Gasteiger partial charge on any atom is 0.263 e. The first-order chi connectivity index (χ1) is 14.4. The molecule has 0 heterocycles. The third-order valence-electron chi connectivity index (χ3n) is 4.20. The second-order valence-corrected chi connectivity index (χ2v) is 8.19. The largest absolute Gasteiger partial charge is 0.496 e. The molecule has 2 N–H and O–H groups in total. The van der Waals surface area contributed by atoms with Gasteiger partial charge < -0.3 is 14.8 Å². The summed E-state index contributed by atoms with van der Waals surface area (Å²) in [7, 11) is -0.931. The van der Waals surface area contributed by atoms with Crippen molar-refractivity contribution in [3.63, 3.8) is 0 Å².